The maximum Gasteiger partial charge on any atom is 0.00388 e. The van der Waals surface area contributed by atoms with Crippen LogP contribution in [0.2, 0.25) is 0 Å². The average Bonchev–Trinajstić information content (AvgIpc) is 2.16. The Kier molecular flexibility index (Phi) is 8.96. The van der Waals surface area contributed by atoms with Gasteiger partial charge in [-0.15, -0.1) is 0 Å². The molecule has 0 aliphatic carbocycles. The van der Waals surface area contributed by atoms with Gasteiger partial charge >= 0.3 is 0 Å². The van der Waals surface area contributed by atoms with Crippen LogP contribution in [0.25, 0.3) is 0 Å². The molecule has 0 bridgehead atoms. The number of rotatable bonds is 9. The van der Waals surface area contributed by atoms with Crippen LogP contribution in [0.15, 0.2) is 0 Å². The van der Waals surface area contributed by atoms with Crippen LogP contribution in [-0.4, -0.2) is 37.1 Å². The Labute approximate surface area is 103 Å². The summed E-state index contributed by atoms with van der Waals surface area (Å²) in [5.74, 6) is 1.51. The summed E-state index contributed by atoms with van der Waals surface area (Å²) in [5.41, 5.74) is 0. The van der Waals surface area contributed by atoms with Crippen molar-refractivity contribution >= 4 is 0 Å². The highest BCUT2D eigenvalue weighted by Crippen LogP contribution is 2.07. The predicted octanol–water partition coefficient (Wildman–Crippen LogP) is 2.99. The van der Waals surface area contributed by atoms with Gasteiger partial charge < -0.3 is 10.2 Å². The summed E-state index contributed by atoms with van der Waals surface area (Å²) >= 11 is 0. The van der Waals surface area contributed by atoms with E-state index < -0.39 is 0 Å². The third kappa shape index (κ3) is 8.12. The molecular formula is C14H32N2. The lowest BCUT2D eigenvalue weighted by Gasteiger charge is -2.31. The normalized spacial score (nSPS) is 14.1. The van der Waals surface area contributed by atoms with Crippen LogP contribution in [-0.2, 0) is 0 Å². The van der Waals surface area contributed by atoms with Crippen LogP contribution >= 0.6 is 0 Å². The van der Waals surface area contributed by atoms with Gasteiger partial charge in [-0.05, 0) is 45.2 Å². The van der Waals surface area contributed by atoms with Crippen LogP contribution in [0, 0.1) is 11.8 Å². The van der Waals surface area contributed by atoms with Crippen LogP contribution in [0.1, 0.15) is 48.0 Å². The Balaban J connectivity index is 3.88. The molecule has 16 heavy (non-hydrogen) atoms. The van der Waals surface area contributed by atoms with Gasteiger partial charge in [-0.1, -0.05) is 27.7 Å². The molecule has 1 atom stereocenters. The first-order chi connectivity index (χ1) is 7.47. The van der Waals surface area contributed by atoms with Crippen molar-refractivity contribution in [3.05, 3.63) is 0 Å². The van der Waals surface area contributed by atoms with Gasteiger partial charge in [0, 0.05) is 19.1 Å². The average molecular weight is 228 g/mol. The van der Waals surface area contributed by atoms with Crippen LogP contribution in [0.4, 0.5) is 0 Å². The Morgan fingerprint density at radius 3 is 2.06 bits per heavy atom. The predicted molar refractivity (Wildman–Crippen MR) is 73.9 cm³/mol. The third-order valence-electron chi connectivity index (χ3n) is 2.80. The van der Waals surface area contributed by atoms with Crippen LogP contribution < -0.4 is 5.32 Å². The second kappa shape index (κ2) is 9.00. The molecule has 1 N–H and O–H groups in total. The molecule has 0 aromatic carbocycles. The van der Waals surface area contributed by atoms with Crippen LogP contribution in [0.5, 0.6) is 0 Å². The van der Waals surface area contributed by atoms with Crippen molar-refractivity contribution in [2.24, 2.45) is 11.8 Å². The third-order valence-corrected chi connectivity index (χ3v) is 2.80. The van der Waals surface area contributed by atoms with Crippen molar-refractivity contribution in [3.63, 3.8) is 0 Å². The Bertz CT molecular complexity index is 155. The monoisotopic (exact) mass is 228 g/mol. The van der Waals surface area contributed by atoms with E-state index in [1.54, 1.807) is 0 Å². The summed E-state index contributed by atoms with van der Waals surface area (Å²) in [4.78, 5) is 2.60. The molecule has 0 saturated heterocycles. The van der Waals surface area contributed by atoms with Gasteiger partial charge in [0.25, 0.3) is 0 Å². The lowest BCUT2D eigenvalue weighted by molar-refractivity contribution is 0.171. The molecule has 2 heteroatoms. The first-order valence-electron chi connectivity index (χ1n) is 6.92. The molecule has 0 saturated carbocycles. The van der Waals surface area contributed by atoms with Crippen molar-refractivity contribution < 1.29 is 0 Å². The molecule has 0 rings (SSSR count). The Hall–Kier alpha value is -0.0800. The second-order valence-corrected chi connectivity index (χ2v) is 5.75. The molecule has 0 aromatic heterocycles. The molecule has 0 radical (unpaired) electrons. The standard InChI is InChI=1S/C14H32N2/c1-7-8-15-9-14(6)11-16(13(4)5)10-12(2)3/h12-15H,7-11H2,1-6H3. The van der Waals surface area contributed by atoms with Crippen molar-refractivity contribution in [2.45, 2.75) is 54.0 Å². The van der Waals surface area contributed by atoms with Gasteiger partial charge in [-0.2, -0.15) is 0 Å². The Morgan fingerprint density at radius 2 is 1.62 bits per heavy atom. The zero-order valence-electron chi connectivity index (χ0n) is 12.2. The van der Waals surface area contributed by atoms with Gasteiger partial charge in [0.05, 0.1) is 0 Å². The van der Waals surface area contributed by atoms with Gasteiger partial charge in [-0.3, -0.25) is 0 Å². The van der Waals surface area contributed by atoms with Crippen LogP contribution in [0.3, 0.4) is 0 Å². The minimum Gasteiger partial charge on any atom is -0.316 e. The fraction of sp³-hybridized carbons (Fsp3) is 1.00. The molecule has 1 unspecified atom stereocenters. The fourth-order valence-electron chi connectivity index (χ4n) is 1.96. The van der Waals surface area contributed by atoms with Crippen molar-refractivity contribution in [2.75, 3.05) is 26.2 Å². The zero-order valence-corrected chi connectivity index (χ0v) is 12.2. The summed E-state index contributed by atoms with van der Waals surface area (Å²) in [5, 5.41) is 3.51. The molecule has 0 aliphatic rings. The van der Waals surface area contributed by atoms with E-state index in [4.69, 9.17) is 0 Å². The van der Waals surface area contributed by atoms with Crippen molar-refractivity contribution in [3.8, 4) is 0 Å². The van der Waals surface area contributed by atoms with E-state index in [-0.39, 0.29) is 0 Å². The summed E-state index contributed by atoms with van der Waals surface area (Å²) in [7, 11) is 0. The van der Waals surface area contributed by atoms with Gasteiger partial charge in [-0.25, -0.2) is 0 Å². The zero-order chi connectivity index (χ0) is 12.6. The van der Waals surface area contributed by atoms with E-state index in [0.717, 1.165) is 24.9 Å². The number of hydrogen-bond donors (Lipinski definition) is 1. The van der Waals surface area contributed by atoms with E-state index in [1.807, 2.05) is 0 Å². The topological polar surface area (TPSA) is 15.3 Å². The highest BCUT2D eigenvalue weighted by Gasteiger charge is 2.14. The highest BCUT2D eigenvalue weighted by atomic mass is 15.1. The SMILES string of the molecule is CCCNCC(C)CN(CC(C)C)C(C)C. The minimum atomic E-state index is 0.663. The fourth-order valence-corrected chi connectivity index (χ4v) is 1.96. The lowest BCUT2D eigenvalue weighted by atomic mass is 10.1. The van der Waals surface area contributed by atoms with Crippen molar-refractivity contribution in [1.29, 1.82) is 0 Å². The summed E-state index contributed by atoms with van der Waals surface area (Å²) in [6.45, 7) is 18.5. The van der Waals surface area contributed by atoms with E-state index in [2.05, 4.69) is 51.8 Å². The van der Waals surface area contributed by atoms with Crippen molar-refractivity contribution in [1.82, 2.24) is 10.2 Å². The molecule has 0 fully saturated rings. The molecule has 0 aliphatic heterocycles. The molecule has 0 aromatic rings. The van der Waals surface area contributed by atoms with Gasteiger partial charge in [0.2, 0.25) is 0 Å². The van der Waals surface area contributed by atoms with E-state index >= 15 is 0 Å². The molecule has 0 amide bonds. The number of nitrogens with zero attached hydrogens (tertiary/aromatic N) is 1. The van der Waals surface area contributed by atoms with E-state index in [9.17, 15) is 0 Å². The molecule has 98 valence electrons. The maximum absolute atomic E-state index is 3.51. The molecular weight excluding hydrogens is 196 g/mol. The first kappa shape index (κ1) is 15.9. The largest absolute Gasteiger partial charge is 0.316 e. The molecule has 0 heterocycles. The summed E-state index contributed by atoms with van der Waals surface area (Å²) in [6.07, 6.45) is 1.23. The molecule has 2 nitrogen and oxygen atoms in total. The highest BCUT2D eigenvalue weighted by molar-refractivity contribution is 4.69. The summed E-state index contributed by atoms with van der Waals surface area (Å²) < 4.78 is 0. The number of nitrogens with one attached hydrogen (secondary N) is 1. The molecule has 0 spiro atoms. The smallest absolute Gasteiger partial charge is 0.00388 e. The first-order valence-corrected chi connectivity index (χ1v) is 6.92. The Morgan fingerprint density at radius 1 is 1.00 bits per heavy atom. The summed E-state index contributed by atoms with van der Waals surface area (Å²) in [6, 6.07) is 0.663. The lowest BCUT2D eigenvalue weighted by Crippen LogP contribution is -2.39. The maximum atomic E-state index is 3.51. The number of hydrogen-bond acceptors (Lipinski definition) is 2. The van der Waals surface area contributed by atoms with E-state index in [0.29, 0.717) is 6.04 Å². The quantitative estimate of drug-likeness (QED) is 0.610. The van der Waals surface area contributed by atoms with Gasteiger partial charge in [0.1, 0.15) is 0 Å². The van der Waals surface area contributed by atoms with Gasteiger partial charge in [0.15, 0.2) is 0 Å². The van der Waals surface area contributed by atoms with E-state index in [1.165, 1.54) is 19.5 Å². The second-order valence-electron chi connectivity index (χ2n) is 5.75. The minimum absolute atomic E-state index is 0.663.